The van der Waals surface area contributed by atoms with E-state index in [1.807, 2.05) is 12.1 Å². The number of aromatic nitrogens is 1. The molecule has 0 saturated carbocycles. The van der Waals surface area contributed by atoms with Crippen LogP contribution in [0.25, 0.3) is 0 Å². The summed E-state index contributed by atoms with van der Waals surface area (Å²) in [5.74, 6) is 0.140. The zero-order chi connectivity index (χ0) is 21.7. The maximum atomic E-state index is 13.1. The van der Waals surface area contributed by atoms with Crippen molar-refractivity contribution in [3.63, 3.8) is 0 Å². The van der Waals surface area contributed by atoms with E-state index in [0.717, 1.165) is 10.0 Å². The Morgan fingerprint density at radius 3 is 2.27 bits per heavy atom. The smallest absolute Gasteiger partial charge is 0.255 e. The van der Waals surface area contributed by atoms with Crippen molar-refractivity contribution in [3.05, 3.63) is 90.5 Å². The second kappa shape index (κ2) is 10.7. The molecule has 0 radical (unpaired) electrons. The third-order valence-corrected chi connectivity index (χ3v) is 5.56. The summed E-state index contributed by atoms with van der Waals surface area (Å²) in [6, 6.07) is 12.1. The summed E-state index contributed by atoms with van der Waals surface area (Å²) in [5, 5.41) is 1.65. The first-order chi connectivity index (χ1) is 14.3. The molecule has 4 nitrogen and oxygen atoms in total. The highest BCUT2D eigenvalue weighted by Crippen LogP contribution is 2.35. The van der Waals surface area contributed by atoms with Gasteiger partial charge in [-0.15, -0.1) is 0 Å². The lowest BCUT2D eigenvalue weighted by Gasteiger charge is -2.23. The molecule has 3 aromatic rings. The number of pyridine rings is 1. The number of hydrogen-bond donors (Lipinski definition) is 0. The summed E-state index contributed by atoms with van der Waals surface area (Å²) in [6.45, 7) is 0.846. The van der Waals surface area contributed by atoms with E-state index in [2.05, 4.69) is 20.9 Å². The monoisotopic (exact) mass is 546 g/mol. The SMILES string of the molecule is O=C(c1cncc(Br)c1)N(CCOc1c(Cl)cc(Cl)cc1Cl)Cc1ccc(Cl)cc1. The predicted molar refractivity (Wildman–Crippen MR) is 125 cm³/mol. The fraction of sp³-hybridized carbons (Fsp3) is 0.143. The van der Waals surface area contributed by atoms with Crippen LogP contribution in [0.15, 0.2) is 59.3 Å². The van der Waals surface area contributed by atoms with Gasteiger partial charge in [0.1, 0.15) is 6.61 Å². The van der Waals surface area contributed by atoms with Gasteiger partial charge in [0.25, 0.3) is 5.91 Å². The molecule has 1 aromatic heterocycles. The lowest BCUT2D eigenvalue weighted by molar-refractivity contribution is 0.0716. The Hall–Kier alpha value is -1.50. The highest BCUT2D eigenvalue weighted by Gasteiger charge is 2.18. The van der Waals surface area contributed by atoms with E-state index < -0.39 is 0 Å². The Bertz CT molecular complexity index is 1020. The summed E-state index contributed by atoms with van der Waals surface area (Å²) in [6.07, 6.45) is 3.14. The van der Waals surface area contributed by atoms with Gasteiger partial charge in [-0.3, -0.25) is 9.78 Å². The minimum atomic E-state index is -0.185. The molecule has 30 heavy (non-hydrogen) atoms. The van der Waals surface area contributed by atoms with Gasteiger partial charge in [0.05, 0.1) is 22.2 Å². The quantitative estimate of drug-likeness (QED) is 0.314. The molecule has 3 rings (SSSR count). The second-order valence-corrected chi connectivity index (χ2v) is 8.89. The highest BCUT2D eigenvalue weighted by molar-refractivity contribution is 9.10. The zero-order valence-electron chi connectivity index (χ0n) is 15.4. The van der Waals surface area contributed by atoms with E-state index in [0.29, 0.717) is 44.5 Å². The van der Waals surface area contributed by atoms with Crippen LogP contribution in [0, 0.1) is 0 Å². The average molecular weight is 549 g/mol. The zero-order valence-corrected chi connectivity index (χ0v) is 20.0. The third kappa shape index (κ3) is 6.25. The Morgan fingerprint density at radius 2 is 1.63 bits per heavy atom. The van der Waals surface area contributed by atoms with E-state index in [-0.39, 0.29) is 12.5 Å². The molecule has 1 heterocycles. The molecule has 0 fully saturated rings. The van der Waals surface area contributed by atoms with Crippen LogP contribution in [0.3, 0.4) is 0 Å². The number of rotatable bonds is 7. The molecule has 9 heteroatoms. The number of amides is 1. The van der Waals surface area contributed by atoms with E-state index in [4.69, 9.17) is 51.1 Å². The molecular weight excluding hydrogens is 534 g/mol. The van der Waals surface area contributed by atoms with Gasteiger partial charge in [-0.2, -0.15) is 0 Å². The molecule has 0 N–H and O–H groups in total. The van der Waals surface area contributed by atoms with Crippen molar-refractivity contribution in [1.29, 1.82) is 0 Å². The van der Waals surface area contributed by atoms with Crippen LogP contribution in [0.2, 0.25) is 20.1 Å². The van der Waals surface area contributed by atoms with Crippen molar-refractivity contribution in [1.82, 2.24) is 9.88 Å². The maximum Gasteiger partial charge on any atom is 0.255 e. The van der Waals surface area contributed by atoms with Crippen LogP contribution in [-0.2, 0) is 6.54 Å². The van der Waals surface area contributed by atoms with Crippen molar-refractivity contribution >= 4 is 68.2 Å². The van der Waals surface area contributed by atoms with Crippen LogP contribution >= 0.6 is 62.3 Å². The van der Waals surface area contributed by atoms with Crippen molar-refractivity contribution < 1.29 is 9.53 Å². The molecule has 0 spiro atoms. The highest BCUT2D eigenvalue weighted by atomic mass is 79.9. The largest absolute Gasteiger partial charge is 0.489 e. The average Bonchev–Trinajstić information content (AvgIpc) is 2.70. The molecule has 0 bridgehead atoms. The van der Waals surface area contributed by atoms with Gasteiger partial charge in [-0.25, -0.2) is 0 Å². The number of nitrogens with zero attached hydrogens (tertiary/aromatic N) is 2. The molecule has 0 aliphatic carbocycles. The van der Waals surface area contributed by atoms with E-state index in [1.54, 1.807) is 41.4 Å². The lowest BCUT2D eigenvalue weighted by atomic mass is 10.2. The molecule has 2 aromatic carbocycles. The number of halogens is 5. The number of hydrogen-bond acceptors (Lipinski definition) is 3. The van der Waals surface area contributed by atoms with Crippen molar-refractivity contribution in [3.8, 4) is 5.75 Å². The van der Waals surface area contributed by atoms with Crippen molar-refractivity contribution in [2.75, 3.05) is 13.2 Å². The Labute approximate surface area is 202 Å². The van der Waals surface area contributed by atoms with Crippen LogP contribution in [0.4, 0.5) is 0 Å². The fourth-order valence-electron chi connectivity index (χ4n) is 2.70. The minimum absolute atomic E-state index is 0.182. The van der Waals surface area contributed by atoms with Crippen LogP contribution < -0.4 is 4.74 Å². The van der Waals surface area contributed by atoms with E-state index in [1.165, 1.54) is 6.20 Å². The topological polar surface area (TPSA) is 42.4 Å². The van der Waals surface area contributed by atoms with Gasteiger partial charge >= 0.3 is 0 Å². The summed E-state index contributed by atoms with van der Waals surface area (Å²) < 4.78 is 6.48. The van der Waals surface area contributed by atoms with Crippen LogP contribution in [0.1, 0.15) is 15.9 Å². The first-order valence-corrected chi connectivity index (χ1v) is 11.1. The van der Waals surface area contributed by atoms with E-state index in [9.17, 15) is 4.79 Å². The van der Waals surface area contributed by atoms with Crippen LogP contribution in [0.5, 0.6) is 5.75 Å². The summed E-state index contributed by atoms with van der Waals surface area (Å²) >= 11 is 27.6. The summed E-state index contributed by atoms with van der Waals surface area (Å²) in [4.78, 5) is 18.8. The Kier molecular flexibility index (Phi) is 8.26. The Balaban J connectivity index is 1.77. The van der Waals surface area contributed by atoms with Gasteiger partial charge in [0, 0.05) is 33.5 Å². The van der Waals surface area contributed by atoms with Gasteiger partial charge in [-0.1, -0.05) is 58.5 Å². The number of benzene rings is 2. The van der Waals surface area contributed by atoms with E-state index >= 15 is 0 Å². The molecule has 0 atom stereocenters. The lowest BCUT2D eigenvalue weighted by Crippen LogP contribution is -2.34. The molecule has 0 unspecified atom stereocenters. The predicted octanol–water partition coefficient (Wildman–Crippen LogP) is 7.18. The minimum Gasteiger partial charge on any atom is -0.489 e. The number of carbonyl (C=O) groups is 1. The molecule has 0 saturated heterocycles. The standard InChI is InChI=1S/C21H15BrCl4N2O2/c22-15-7-14(10-27-11-15)21(29)28(12-13-1-3-16(23)4-2-13)5-6-30-20-18(25)8-17(24)9-19(20)26/h1-4,7-11H,5-6,12H2. The van der Waals surface area contributed by atoms with Gasteiger partial charge in [0.2, 0.25) is 0 Å². The van der Waals surface area contributed by atoms with Crippen LogP contribution in [-0.4, -0.2) is 28.9 Å². The van der Waals surface area contributed by atoms with Crippen molar-refractivity contribution in [2.45, 2.75) is 6.54 Å². The first-order valence-electron chi connectivity index (χ1n) is 8.75. The van der Waals surface area contributed by atoms with Crippen molar-refractivity contribution in [2.24, 2.45) is 0 Å². The molecule has 156 valence electrons. The van der Waals surface area contributed by atoms with Gasteiger partial charge in [0.15, 0.2) is 5.75 Å². The first kappa shape index (κ1) is 23.2. The molecule has 0 aliphatic heterocycles. The summed E-state index contributed by atoms with van der Waals surface area (Å²) in [7, 11) is 0. The number of ether oxygens (including phenoxy) is 1. The molecule has 1 amide bonds. The molecular formula is C21H15BrCl4N2O2. The Morgan fingerprint density at radius 1 is 0.967 bits per heavy atom. The fourth-order valence-corrected chi connectivity index (χ4v) is 4.12. The normalized spacial score (nSPS) is 10.7. The van der Waals surface area contributed by atoms with Gasteiger partial charge in [-0.05, 0) is 51.8 Å². The summed E-state index contributed by atoms with van der Waals surface area (Å²) in [5.41, 5.74) is 1.39. The number of carbonyl (C=O) groups excluding carboxylic acids is 1. The third-order valence-electron chi connectivity index (χ3n) is 4.10. The van der Waals surface area contributed by atoms with Gasteiger partial charge < -0.3 is 9.64 Å². The molecule has 0 aliphatic rings. The maximum absolute atomic E-state index is 13.1. The second-order valence-electron chi connectivity index (χ2n) is 6.29.